The minimum Gasteiger partial charge on any atom is -0.459 e. The number of halogens is 1. The normalized spacial score (nSPS) is 17.9. The number of thiocarbonyl (C=S) groups is 1. The third-order valence-electron chi connectivity index (χ3n) is 5.59. The Morgan fingerprint density at radius 1 is 1.03 bits per heavy atom. The molecule has 0 radical (unpaired) electrons. The van der Waals surface area contributed by atoms with Gasteiger partial charge in [-0.05, 0) is 85.0 Å². The van der Waals surface area contributed by atoms with Crippen LogP contribution in [-0.2, 0) is 10.0 Å². The van der Waals surface area contributed by atoms with E-state index in [1.54, 1.807) is 18.3 Å². The number of furan rings is 1. The molecular formula is C25H21ClN4O3S2. The van der Waals surface area contributed by atoms with Gasteiger partial charge in [0.25, 0.3) is 0 Å². The first-order valence-corrected chi connectivity index (χ1v) is 13.4. The molecule has 10 heteroatoms. The van der Waals surface area contributed by atoms with E-state index in [-0.39, 0.29) is 12.1 Å². The number of rotatable bonds is 6. The fourth-order valence-corrected chi connectivity index (χ4v) is 5.14. The molecular weight excluding hydrogens is 504 g/mol. The van der Waals surface area contributed by atoms with Crippen LogP contribution in [0.4, 0.5) is 11.4 Å². The first-order valence-electron chi connectivity index (χ1n) is 10.7. The van der Waals surface area contributed by atoms with E-state index in [1.165, 1.54) is 0 Å². The molecule has 5 rings (SSSR count). The Morgan fingerprint density at radius 3 is 2.43 bits per heavy atom. The number of sulfonamides is 1. The molecule has 7 nitrogen and oxygen atoms in total. The highest BCUT2D eigenvalue weighted by atomic mass is 35.5. The van der Waals surface area contributed by atoms with E-state index in [2.05, 4.69) is 15.0 Å². The molecule has 0 bridgehead atoms. The monoisotopic (exact) mass is 524 g/mol. The number of hydrogen-bond acceptors (Lipinski definition) is 5. The Bertz CT molecular complexity index is 1460. The number of anilines is 2. The first-order chi connectivity index (χ1) is 16.8. The summed E-state index contributed by atoms with van der Waals surface area (Å²) in [5.41, 5.74) is 2.98. The maximum absolute atomic E-state index is 11.6. The maximum Gasteiger partial charge on any atom is 0.229 e. The zero-order valence-electron chi connectivity index (χ0n) is 18.6. The third kappa shape index (κ3) is 5.02. The smallest absolute Gasteiger partial charge is 0.229 e. The topological polar surface area (TPSA) is 87.5 Å². The lowest BCUT2D eigenvalue weighted by molar-refractivity contribution is 0.439. The molecule has 0 aliphatic carbocycles. The second kappa shape index (κ2) is 9.33. The molecule has 2 aromatic heterocycles. The van der Waals surface area contributed by atoms with Crippen LogP contribution in [0.3, 0.4) is 0 Å². The molecule has 0 unspecified atom stereocenters. The van der Waals surface area contributed by atoms with E-state index in [1.807, 2.05) is 71.6 Å². The number of hydrogen-bond donors (Lipinski definition) is 2. The number of nitrogens with zero attached hydrogens (tertiary/aromatic N) is 2. The van der Waals surface area contributed by atoms with Crippen LogP contribution in [0, 0.1) is 0 Å². The van der Waals surface area contributed by atoms with Crippen molar-refractivity contribution in [2.24, 2.45) is 0 Å². The van der Waals surface area contributed by atoms with Crippen molar-refractivity contribution in [2.75, 3.05) is 15.9 Å². The van der Waals surface area contributed by atoms with Gasteiger partial charge in [-0.2, -0.15) is 0 Å². The fourth-order valence-electron chi connectivity index (χ4n) is 4.11. The van der Waals surface area contributed by atoms with Gasteiger partial charge in [-0.3, -0.25) is 9.71 Å². The lowest BCUT2D eigenvalue weighted by Gasteiger charge is -2.26. The Kier molecular flexibility index (Phi) is 6.22. The van der Waals surface area contributed by atoms with Crippen LogP contribution in [0.5, 0.6) is 0 Å². The van der Waals surface area contributed by atoms with Crippen LogP contribution in [0.25, 0.3) is 11.3 Å². The van der Waals surface area contributed by atoms with Crippen molar-refractivity contribution in [3.63, 3.8) is 0 Å². The van der Waals surface area contributed by atoms with Gasteiger partial charge in [0.05, 0.1) is 18.0 Å². The molecule has 4 aromatic rings. The highest BCUT2D eigenvalue weighted by Crippen LogP contribution is 2.43. The lowest BCUT2D eigenvalue weighted by atomic mass is 10.0. The molecule has 2 atom stereocenters. The van der Waals surface area contributed by atoms with E-state index in [9.17, 15) is 8.42 Å². The molecule has 0 amide bonds. The van der Waals surface area contributed by atoms with Gasteiger partial charge in [0, 0.05) is 28.2 Å². The van der Waals surface area contributed by atoms with Crippen molar-refractivity contribution in [1.82, 2.24) is 10.3 Å². The van der Waals surface area contributed by atoms with Crippen molar-refractivity contribution < 1.29 is 12.8 Å². The summed E-state index contributed by atoms with van der Waals surface area (Å²) in [5, 5.41) is 4.55. The summed E-state index contributed by atoms with van der Waals surface area (Å²) < 4.78 is 32.0. The predicted molar refractivity (Wildman–Crippen MR) is 142 cm³/mol. The summed E-state index contributed by atoms with van der Waals surface area (Å²) in [4.78, 5) is 6.51. The molecule has 1 fully saturated rings. The average Bonchev–Trinajstić information content (AvgIpc) is 3.44. The van der Waals surface area contributed by atoms with Gasteiger partial charge in [0.2, 0.25) is 10.0 Å². The summed E-state index contributed by atoms with van der Waals surface area (Å²) in [6, 6.07) is 23.5. The van der Waals surface area contributed by atoms with Crippen molar-refractivity contribution in [1.29, 1.82) is 0 Å². The zero-order valence-corrected chi connectivity index (χ0v) is 20.9. The van der Waals surface area contributed by atoms with Gasteiger partial charge in [0.1, 0.15) is 17.6 Å². The standard InChI is InChI=1S/C25H21ClN4O3S2/c1-35(31,32)29-18-9-11-19(12-10-18)30-24(23(28-25(30)34)20-4-2-3-15-27-20)22-14-13-21(33-22)16-5-7-17(26)8-6-16/h2-15,23-24,29H,1H3,(H,28,34)/t23-,24+/m0/s1. The van der Waals surface area contributed by atoms with E-state index >= 15 is 0 Å². The van der Waals surface area contributed by atoms with E-state index < -0.39 is 10.0 Å². The van der Waals surface area contributed by atoms with Crippen molar-refractivity contribution in [2.45, 2.75) is 12.1 Å². The molecule has 1 saturated heterocycles. The molecule has 3 heterocycles. The van der Waals surface area contributed by atoms with Crippen molar-refractivity contribution in [3.05, 3.63) is 102 Å². The lowest BCUT2D eigenvalue weighted by Crippen LogP contribution is -2.29. The first kappa shape index (κ1) is 23.3. The number of pyridine rings is 1. The summed E-state index contributed by atoms with van der Waals surface area (Å²) in [7, 11) is -3.38. The van der Waals surface area contributed by atoms with E-state index in [0.29, 0.717) is 27.3 Å². The Morgan fingerprint density at radius 2 is 1.77 bits per heavy atom. The van der Waals surface area contributed by atoms with E-state index in [4.69, 9.17) is 28.2 Å². The summed E-state index contributed by atoms with van der Waals surface area (Å²) >= 11 is 11.8. The van der Waals surface area contributed by atoms with Gasteiger partial charge in [-0.25, -0.2) is 8.42 Å². The van der Waals surface area contributed by atoms with Gasteiger partial charge in [-0.1, -0.05) is 17.7 Å². The molecule has 1 aliphatic rings. The molecule has 1 aliphatic heterocycles. The molecule has 35 heavy (non-hydrogen) atoms. The number of benzene rings is 2. The predicted octanol–water partition coefficient (Wildman–Crippen LogP) is 5.54. The van der Waals surface area contributed by atoms with Crippen LogP contribution >= 0.6 is 23.8 Å². The van der Waals surface area contributed by atoms with Gasteiger partial charge >= 0.3 is 0 Å². The average molecular weight is 525 g/mol. The largest absolute Gasteiger partial charge is 0.459 e. The SMILES string of the molecule is CS(=O)(=O)Nc1ccc(N2C(=S)N[C@@H](c3ccccn3)[C@H]2c2ccc(-c3ccc(Cl)cc3)o2)cc1. The highest BCUT2D eigenvalue weighted by Gasteiger charge is 2.42. The minimum atomic E-state index is -3.38. The number of aromatic nitrogens is 1. The fraction of sp³-hybridized carbons (Fsp3) is 0.120. The number of nitrogens with one attached hydrogen (secondary N) is 2. The Balaban J connectivity index is 1.54. The summed E-state index contributed by atoms with van der Waals surface area (Å²) in [5.74, 6) is 1.41. The third-order valence-corrected chi connectivity index (χ3v) is 6.77. The molecule has 2 aromatic carbocycles. The van der Waals surface area contributed by atoms with Gasteiger partial charge in [0.15, 0.2) is 5.11 Å². The van der Waals surface area contributed by atoms with Crippen LogP contribution in [0.1, 0.15) is 23.5 Å². The van der Waals surface area contributed by atoms with Gasteiger partial charge in [-0.15, -0.1) is 0 Å². The quantitative estimate of drug-likeness (QED) is 0.320. The molecule has 178 valence electrons. The van der Waals surface area contributed by atoms with Crippen molar-refractivity contribution >= 4 is 50.3 Å². The van der Waals surface area contributed by atoms with Crippen LogP contribution in [0.15, 0.2) is 89.5 Å². The maximum atomic E-state index is 11.6. The van der Waals surface area contributed by atoms with Crippen LogP contribution < -0.4 is 14.9 Å². The molecule has 2 N–H and O–H groups in total. The van der Waals surface area contributed by atoms with Crippen molar-refractivity contribution in [3.8, 4) is 11.3 Å². The summed E-state index contributed by atoms with van der Waals surface area (Å²) in [6.45, 7) is 0. The Hall–Kier alpha value is -3.40. The summed E-state index contributed by atoms with van der Waals surface area (Å²) in [6.07, 6.45) is 2.86. The minimum absolute atomic E-state index is 0.262. The van der Waals surface area contributed by atoms with Gasteiger partial charge < -0.3 is 14.6 Å². The van der Waals surface area contributed by atoms with E-state index in [0.717, 1.165) is 23.2 Å². The molecule has 0 saturated carbocycles. The Labute approximate surface area is 213 Å². The van der Waals surface area contributed by atoms with Crippen LogP contribution in [0.2, 0.25) is 5.02 Å². The zero-order chi connectivity index (χ0) is 24.6. The second-order valence-corrected chi connectivity index (χ2v) is 10.7. The second-order valence-electron chi connectivity index (χ2n) is 8.13. The highest BCUT2D eigenvalue weighted by molar-refractivity contribution is 7.92. The molecule has 0 spiro atoms. The van der Waals surface area contributed by atoms with Crippen LogP contribution in [-0.4, -0.2) is 24.8 Å².